The highest BCUT2D eigenvalue weighted by Gasteiger charge is 2.50. The van der Waals surface area contributed by atoms with Crippen LogP contribution < -0.4 is 0 Å². The SMILES string of the molecule is CC(=O)N1CCC2(C1)CN(C(=O)c1cc3c(Cl)c(Cl)ccc3[nH]1)C2. The maximum atomic E-state index is 12.7. The number of halogens is 2. The van der Waals surface area contributed by atoms with Gasteiger partial charge in [-0.3, -0.25) is 9.59 Å². The van der Waals surface area contributed by atoms with Crippen molar-refractivity contribution >= 4 is 45.9 Å². The number of aromatic amines is 1. The van der Waals surface area contributed by atoms with Crippen LogP contribution >= 0.6 is 23.2 Å². The average Bonchev–Trinajstić information content (AvgIpc) is 3.13. The van der Waals surface area contributed by atoms with Gasteiger partial charge in [0.25, 0.3) is 5.91 Å². The van der Waals surface area contributed by atoms with Crippen molar-refractivity contribution < 1.29 is 9.59 Å². The Kier molecular flexibility index (Phi) is 3.55. The predicted molar refractivity (Wildman–Crippen MR) is 93.5 cm³/mol. The Labute approximate surface area is 149 Å². The quantitative estimate of drug-likeness (QED) is 0.843. The molecule has 5 nitrogen and oxygen atoms in total. The Morgan fingerprint density at radius 2 is 1.88 bits per heavy atom. The molecule has 0 bridgehead atoms. The largest absolute Gasteiger partial charge is 0.350 e. The zero-order chi connectivity index (χ0) is 17.1. The molecule has 2 aromatic rings. The Morgan fingerprint density at radius 3 is 2.54 bits per heavy atom. The molecule has 1 aromatic carbocycles. The molecule has 2 aliphatic heterocycles. The van der Waals surface area contributed by atoms with Gasteiger partial charge in [0, 0.05) is 49.4 Å². The number of aromatic nitrogens is 1. The van der Waals surface area contributed by atoms with Gasteiger partial charge in [-0.2, -0.15) is 0 Å². The molecular weight excluding hydrogens is 349 g/mol. The standard InChI is InChI=1S/C17H17Cl2N3O2/c1-10(23)21-5-4-17(7-21)8-22(9-17)16(24)14-6-11-13(20-14)3-2-12(18)15(11)19/h2-3,6,20H,4-5,7-9H2,1H3. The second-order valence-corrected chi connectivity index (χ2v) is 7.64. The van der Waals surface area contributed by atoms with E-state index in [2.05, 4.69) is 4.98 Å². The fourth-order valence-corrected chi connectivity index (χ4v) is 4.18. The summed E-state index contributed by atoms with van der Waals surface area (Å²) in [6.45, 7) is 4.52. The van der Waals surface area contributed by atoms with Crippen molar-refractivity contribution in [1.29, 1.82) is 0 Å². The van der Waals surface area contributed by atoms with E-state index < -0.39 is 0 Å². The highest BCUT2D eigenvalue weighted by Crippen LogP contribution is 2.40. The van der Waals surface area contributed by atoms with Crippen molar-refractivity contribution in [1.82, 2.24) is 14.8 Å². The zero-order valence-corrected chi connectivity index (χ0v) is 14.7. The Morgan fingerprint density at radius 1 is 1.17 bits per heavy atom. The van der Waals surface area contributed by atoms with Gasteiger partial charge in [0.05, 0.1) is 10.0 Å². The van der Waals surface area contributed by atoms with Crippen LogP contribution in [0, 0.1) is 5.41 Å². The van der Waals surface area contributed by atoms with Gasteiger partial charge < -0.3 is 14.8 Å². The van der Waals surface area contributed by atoms with Crippen molar-refractivity contribution in [3.8, 4) is 0 Å². The summed E-state index contributed by atoms with van der Waals surface area (Å²) >= 11 is 12.2. The Hall–Kier alpha value is -1.72. The number of benzene rings is 1. The van der Waals surface area contributed by atoms with Gasteiger partial charge in [0.15, 0.2) is 0 Å². The number of fused-ring (bicyclic) bond motifs is 1. The lowest BCUT2D eigenvalue weighted by Crippen LogP contribution is -2.59. The van der Waals surface area contributed by atoms with Gasteiger partial charge in [-0.1, -0.05) is 23.2 Å². The summed E-state index contributed by atoms with van der Waals surface area (Å²) in [5, 5.41) is 1.68. The molecule has 126 valence electrons. The van der Waals surface area contributed by atoms with Gasteiger partial charge in [0.2, 0.25) is 5.91 Å². The van der Waals surface area contributed by atoms with E-state index in [0.29, 0.717) is 28.8 Å². The molecule has 0 atom stereocenters. The number of hydrogen-bond acceptors (Lipinski definition) is 2. The third kappa shape index (κ3) is 2.38. The number of likely N-dealkylation sites (tertiary alicyclic amines) is 2. The second kappa shape index (κ2) is 5.39. The Balaban J connectivity index is 1.50. The molecule has 3 heterocycles. The second-order valence-electron chi connectivity index (χ2n) is 6.86. The highest BCUT2D eigenvalue weighted by molar-refractivity contribution is 6.45. The van der Waals surface area contributed by atoms with E-state index in [1.54, 1.807) is 19.1 Å². The van der Waals surface area contributed by atoms with Crippen molar-refractivity contribution in [3.63, 3.8) is 0 Å². The predicted octanol–water partition coefficient (Wildman–Crippen LogP) is 3.17. The summed E-state index contributed by atoms with van der Waals surface area (Å²) < 4.78 is 0. The van der Waals surface area contributed by atoms with E-state index in [9.17, 15) is 9.59 Å². The fourth-order valence-electron chi connectivity index (χ4n) is 3.80. The lowest BCUT2D eigenvalue weighted by atomic mass is 9.79. The van der Waals surface area contributed by atoms with Crippen molar-refractivity contribution in [2.75, 3.05) is 26.2 Å². The molecule has 0 saturated carbocycles. The van der Waals surface area contributed by atoms with E-state index in [1.807, 2.05) is 15.9 Å². The number of carbonyl (C=O) groups excluding carboxylic acids is 2. The molecule has 4 rings (SSSR count). The van der Waals surface area contributed by atoms with Crippen molar-refractivity contribution in [2.24, 2.45) is 5.41 Å². The zero-order valence-electron chi connectivity index (χ0n) is 13.2. The van der Waals surface area contributed by atoms with Crippen LogP contribution in [0.25, 0.3) is 10.9 Å². The van der Waals surface area contributed by atoms with Crippen molar-refractivity contribution in [3.05, 3.63) is 33.9 Å². The summed E-state index contributed by atoms with van der Waals surface area (Å²) in [6.07, 6.45) is 0.963. The molecule has 1 spiro atoms. The smallest absolute Gasteiger partial charge is 0.270 e. The van der Waals surface area contributed by atoms with Crippen molar-refractivity contribution in [2.45, 2.75) is 13.3 Å². The normalized spacial score (nSPS) is 19.1. The molecule has 1 aromatic heterocycles. The van der Waals surface area contributed by atoms with E-state index in [0.717, 1.165) is 30.4 Å². The summed E-state index contributed by atoms with van der Waals surface area (Å²) in [4.78, 5) is 31.0. The maximum Gasteiger partial charge on any atom is 0.270 e. The molecular formula is C17H17Cl2N3O2. The first kappa shape index (κ1) is 15.8. The van der Waals surface area contributed by atoms with Crippen LogP contribution in [0.5, 0.6) is 0 Å². The number of rotatable bonds is 1. The molecule has 2 amide bonds. The van der Waals surface area contributed by atoms with Crippen LogP contribution in [-0.4, -0.2) is 52.8 Å². The molecule has 2 saturated heterocycles. The molecule has 2 fully saturated rings. The van der Waals surface area contributed by atoms with Gasteiger partial charge in [-0.25, -0.2) is 0 Å². The van der Waals surface area contributed by atoms with Gasteiger partial charge >= 0.3 is 0 Å². The Bertz CT molecular complexity index is 855. The summed E-state index contributed by atoms with van der Waals surface area (Å²) in [6, 6.07) is 5.29. The molecule has 7 heteroatoms. The van der Waals surface area contributed by atoms with E-state index in [-0.39, 0.29) is 17.2 Å². The first-order chi connectivity index (χ1) is 11.4. The number of H-pyrrole nitrogens is 1. The van der Waals surface area contributed by atoms with Gasteiger partial charge in [0.1, 0.15) is 5.69 Å². The molecule has 0 radical (unpaired) electrons. The minimum atomic E-state index is -0.0368. The average molecular weight is 366 g/mol. The fraction of sp³-hybridized carbons (Fsp3) is 0.412. The monoisotopic (exact) mass is 365 g/mol. The van der Waals surface area contributed by atoms with Crippen LogP contribution in [0.4, 0.5) is 0 Å². The number of carbonyl (C=O) groups is 2. The number of amides is 2. The van der Waals surface area contributed by atoms with Crippen LogP contribution in [0.3, 0.4) is 0 Å². The molecule has 0 aliphatic carbocycles. The van der Waals surface area contributed by atoms with Crippen LogP contribution in [0.1, 0.15) is 23.8 Å². The summed E-state index contributed by atoms with van der Waals surface area (Å²) in [7, 11) is 0. The van der Waals surface area contributed by atoms with E-state index in [4.69, 9.17) is 23.2 Å². The topological polar surface area (TPSA) is 56.4 Å². The lowest BCUT2D eigenvalue weighted by molar-refractivity contribution is -0.128. The molecule has 2 aliphatic rings. The number of nitrogens with zero attached hydrogens (tertiary/aromatic N) is 2. The van der Waals surface area contributed by atoms with Gasteiger partial charge in [-0.05, 0) is 24.6 Å². The first-order valence-corrected chi connectivity index (χ1v) is 8.66. The summed E-state index contributed by atoms with van der Waals surface area (Å²) in [5.74, 6) is 0.0732. The van der Waals surface area contributed by atoms with E-state index >= 15 is 0 Å². The maximum absolute atomic E-state index is 12.7. The molecule has 1 N–H and O–H groups in total. The number of hydrogen-bond donors (Lipinski definition) is 1. The van der Waals surface area contributed by atoms with Crippen LogP contribution in [0.15, 0.2) is 18.2 Å². The minimum absolute atomic E-state index is 0.0368. The van der Waals surface area contributed by atoms with Crippen LogP contribution in [-0.2, 0) is 4.79 Å². The third-order valence-corrected chi connectivity index (χ3v) is 5.96. The first-order valence-electron chi connectivity index (χ1n) is 7.90. The lowest BCUT2D eigenvalue weighted by Gasteiger charge is -2.47. The highest BCUT2D eigenvalue weighted by atomic mass is 35.5. The minimum Gasteiger partial charge on any atom is -0.350 e. The third-order valence-electron chi connectivity index (χ3n) is 5.14. The molecule has 0 unspecified atom stereocenters. The number of nitrogens with one attached hydrogen (secondary N) is 1. The van der Waals surface area contributed by atoms with Gasteiger partial charge in [-0.15, -0.1) is 0 Å². The van der Waals surface area contributed by atoms with Crippen LogP contribution in [0.2, 0.25) is 10.0 Å². The molecule has 24 heavy (non-hydrogen) atoms. The van der Waals surface area contributed by atoms with E-state index in [1.165, 1.54) is 0 Å². The summed E-state index contributed by atoms with van der Waals surface area (Å²) in [5.41, 5.74) is 1.39.